The molecule has 0 unspecified atom stereocenters. The first-order valence-electron chi connectivity index (χ1n) is 6.20. The molecule has 3 nitrogen and oxygen atoms in total. The van der Waals surface area contributed by atoms with Gasteiger partial charge in [0, 0.05) is 17.7 Å². The molecule has 3 heteroatoms. The number of pyridine rings is 1. The van der Waals surface area contributed by atoms with Crippen LogP contribution in [0.4, 0.5) is 0 Å². The Morgan fingerprint density at radius 3 is 2.68 bits per heavy atom. The molecule has 0 radical (unpaired) electrons. The molecule has 1 aromatic heterocycles. The first-order chi connectivity index (χ1) is 9.10. The van der Waals surface area contributed by atoms with Crippen LogP contribution in [0, 0.1) is 13.8 Å². The minimum atomic E-state index is 0.00704. The fraction of sp³-hybridized carbons (Fsp3) is 0.250. The van der Waals surface area contributed by atoms with Crippen LogP contribution in [0.25, 0.3) is 0 Å². The number of benzene rings is 1. The van der Waals surface area contributed by atoms with Gasteiger partial charge >= 0.3 is 0 Å². The van der Waals surface area contributed by atoms with Crippen LogP contribution >= 0.6 is 0 Å². The molecule has 0 amide bonds. The van der Waals surface area contributed by atoms with E-state index in [4.69, 9.17) is 4.74 Å². The Bertz CT molecular complexity index is 605. The van der Waals surface area contributed by atoms with Crippen LogP contribution in [0.2, 0.25) is 0 Å². The number of rotatable bonds is 4. The average Bonchev–Trinajstić information content (AvgIpc) is 2.39. The number of carbonyl (C=O) groups is 1. The largest absolute Gasteiger partial charge is 0.496 e. The van der Waals surface area contributed by atoms with Crippen molar-refractivity contribution >= 4 is 5.78 Å². The fourth-order valence-corrected chi connectivity index (χ4v) is 2.01. The van der Waals surface area contributed by atoms with Gasteiger partial charge in [-0.25, -0.2) is 0 Å². The summed E-state index contributed by atoms with van der Waals surface area (Å²) in [6, 6.07) is 11.3. The van der Waals surface area contributed by atoms with Crippen molar-refractivity contribution in [3.05, 3.63) is 58.9 Å². The molecule has 0 aliphatic carbocycles. The lowest BCUT2D eigenvalue weighted by molar-refractivity contribution is 0.0987. The third kappa shape index (κ3) is 3.19. The van der Waals surface area contributed by atoms with E-state index in [0.29, 0.717) is 12.1 Å². The van der Waals surface area contributed by atoms with E-state index in [9.17, 15) is 4.79 Å². The van der Waals surface area contributed by atoms with Crippen molar-refractivity contribution in [2.75, 3.05) is 7.11 Å². The van der Waals surface area contributed by atoms with Gasteiger partial charge in [0.1, 0.15) is 11.4 Å². The first-order valence-corrected chi connectivity index (χ1v) is 6.20. The molecule has 2 rings (SSSR count). The summed E-state index contributed by atoms with van der Waals surface area (Å²) in [6.07, 6.45) is 0.307. The first kappa shape index (κ1) is 13.3. The molecule has 0 spiro atoms. The van der Waals surface area contributed by atoms with Gasteiger partial charge < -0.3 is 4.74 Å². The zero-order valence-corrected chi connectivity index (χ0v) is 11.4. The van der Waals surface area contributed by atoms with E-state index >= 15 is 0 Å². The highest BCUT2D eigenvalue weighted by molar-refractivity contribution is 5.96. The van der Waals surface area contributed by atoms with Gasteiger partial charge in [-0.1, -0.05) is 23.8 Å². The van der Waals surface area contributed by atoms with Crippen LogP contribution in [0.3, 0.4) is 0 Å². The van der Waals surface area contributed by atoms with Gasteiger partial charge in [-0.3, -0.25) is 9.78 Å². The Balaban J connectivity index is 2.26. The van der Waals surface area contributed by atoms with Crippen LogP contribution in [-0.4, -0.2) is 17.9 Å². The van der Waals surface area contributed by atoms with Gasteiger partial charge in [-0.2, -0.15) is 0 Å². The monoisotopic (exact) mass is 255 g/mol. The molecule has 2 aromatic rings. The van der Waals surface area contributed by atoms with Crippen molar-refractivity contribution in [3.63, 3.8) is 0 Å². The molecule has 0 fully saturated rings. The molecule has 0 atom stereocenters. The Labute approximate surface area is 113 Å². The van der Waals surface area contributed by atoms with Gasteiger partial charge in [0.05, 0.1) is 7.11 Å². The number of aryl methyl sites for hydroxylation is 2. The van der Waals surface area contributed by atoms with Crippen molar-refractivity contribution in [1.82, 2.24) is 4.98 Å². The number of aromatic nitrogens is 1. The number of ketones is 1. The van der Waals surface area contributed by atoms with Gasteiger partial charge in [-0.15, -0.1) is 0 Å². The van der Waals surface area contributed by atoms with E-state index < -0.39 is 0 Å². The highest BCUT2D eigenvalue weighted by atomic mass is 16.5. The summed E-state index contributed by atoms with van der Waals surface area (Å²) in [5, 5.41) is 0. The summed E-state index contributed by atoms with van der Waals surface area (Å²) in [4.78, 5) is 16.5. The van der Waals surface area contributed by atoms with E-state index in [1.54, 1.807) is 13.2 Å². The third-order valence-electron chi connectivity index (χ3n) is 2.96. The highest BCUT2D eigenvalue weighted by Gasteiger charge is 2.12. The Kier molecular flexibility index (Phi) is 3.95. The maximum absolute atomic E-state index is 12.2. The van der Waals surface area contributed by atoms with Crippen LogP contribution < -0.4 is 4.74 Å². The zero-order valence-electron chi connectivity index (χ0n) is 11.4. The topological polar surface area (TPSA) is 39.2 Å². The lowest BCUT2D eigenvalue weighted by Crippen LogP contribution is -2.07. The van der Waals surface area contributed by atoms with Crippen molar-refractivity contribution in [1.29, 1.82) is 0 Å². The molecule has 98 valence electrons. The van der Waals surface area contributed by atoms with Crippen LogP contribution in [0.1, 0.15) is 27.3 Å². The molecule has 0 N–H and O–H groups in total. The number of methoxy groups -OCH3 is 1. The quantitative estimate of drug-likeness (QED) is 0.788. The lowest BCUT2D eigenvalue weighted by atomic mass is 10.0. The predicted molar refractivity (Wildman–Crippen MR) is 74.7 cm³/mol. The van der Waals surface area contributed by atoms with Crippen molar-refractivity contribution < 1.29 is 9.53 Å². The summed E-state index contributed by atoms with van der Waals surface area (Å²) in [5.41, 5.74) is 3.36. The zero-order chi connectivity index (χ0) is 13.8. The second-order valence-electron chi connectivity index (χ2n) is 4.58. The highest BCUT2D eigenvalue weighted by Crippen LogP contribution is 2.21. The molecule has 1 heterocycles. The standard InChI is InChI=1S/C16H17NO2/c1-11-7-8-16(19-3)13(9-11)10-15(18)14-6-4-5-12(2)17-14/h4-9H,10H2,1-3H3. The second kappa shape index (κ2) is 5.65. The van der Waals surface area contributed by atoms with E-state index in [1.165, 1.54) is 0 Å². The predicted octanol–water partition coefficient (Wildman–Crippen LogP) is 3.13. The van der Waals surface area contributed by atoms with Crippen molar-refractivity contribution in [3.8, 4) is 5.75 Å². The number of hydrogen-bond donors (Lipinski definition) is 0. The third-order valence-corrected chi connectivity index (χ3v) is 2.96. The summed E-state index contributed by atoms with van der Waals surface area (Å²) in [5.74, 6) is 0.749. The molecule has 0 saturated carbocycles. The molecule has 0 aliphatic rings. The van der Waals surface area contributed by atoms with E-state index in [-0.39, 0.29) is 5.78 Å². The Hall–Kier alpha value is -2.16. The number of Topliss-reactive ketones (excluding diaryl/α,β-unsaturated/α-hetero) is 1. The van der Waals surface area contributed by atoms with Gasteiger partial charge in [0.25, 0.3) is 0 Å². The Morgan fingerprint density at radius 2 is 2.00 bits per heavy atom. The second-order valence-corrected chi connectivity index (χ2v) is 4.58. The summed E-state index contributed by atoms with van der Waals surface area (Å²) >= 11 is 0. The average molecular weight is 255 g/mol. The molecule has 0 saturated heterocycles. The smallest absolute Gasteiger partial charge is 0.185 e. The summed E-state index contributed by atoms with van der Waals surface area (Å²) < 4.78 is 5.29. The van der Waals surface area contributed by atoms with Crippen molar-refractivity contribution in [2.24, 2.45) is 0 Å². The SMILES string of the molecule is COc1ccc(C)cc1CC(=O)c1cccc(C)n1. The minimum absolute atomic E-state index is 0.00704. The molecule has 1 aromatic carbocycles. The molecule has 19 heavy (non-hydrogen) atoms. The maximum Gasteiger partial charge on any atom is 0.185 e. The molecular formula is C16H17NO2. The molecule has 0 aliphatic heterocycles. The molecule has 0 bridgehead atoms. The van der Waals surface area contributed by atoms with Crippen LogP contribution in [-0.2, 0) is 6.42 Å². The van der Waals surface area contributed by atoms with Gasteiger partial charge in [0.2, 0.25) is 0 Å². The fourth-order valence-electron chi connectivity index (χ4n) is 2.01. The van der Waals surface area contributed by atoms with Crippen LogP contribution in [0.5, 0.6) is 5.75 Å². The summed E-state index contributed by atoms with van der Waals surface area (Å²) in [6.45, 7) is 3.88. The van der Waals surface area contributed by atoms with E-state index in [0.717, 1.165) is 22.6 Å². The minimum Gasteiger partial charge on any atom is -0.496 e. The molecular weight excluding hydrogens is 238 g/mol. The van der Waals surface area contributed by atoms with Crippen LogP contribution in [0.15, 0.2) is 36.4 Å². The number of ether oxygens (including phenoxy) is 1. The summed E-state index contributed by atoms with van der Waals surface area (Å²) in [7, 11) is 1.61. The van der Waals surface area contributed by atoms with Gasteiger partial charge in [-0.05, 0) is 32.0 Å². The maximum atomic E-state index is 12.2. The number of carbonyl (C=O) groups excluding carboxylic acids is 1. The van der Waals surface area contributed by atoms with Crippen molar-refractivity contribution in [2.45, 2.75) is 20.3 Å². The van der Waals surface area contributed by atoms with Gasteiger partial charge in [0.15, 0.2) is 5.78 Å². The number of hydrogen-bond acceptors (Lipinski definition) is 3. The number of nitrogens with zero attached hydrogens (tertiary/aromatic N) is 1. The normalized spacial score (nSPS) is 10.3. The lowest BCUT2D eigenvalue weighted by Gasteiger charge is -2.09. The van der Waals surface area contributed by atoms with E-state index in [2.05, 4.69) is 4.98 Å². The Morgan fingerprint density at radius 1 is 1.21 bits per heavy atom. The van der Waals surface area contributed by atoms with E-state index in [1.807, 2.05) is 44.2 Å².